The summed E-state index contributed by atoms with van der Waals surface area (Å²) in [5.41, 5.74) is 0. The van der Waals surface area contributed by atoms with Gasteiger partial charge in [0.2, 0.25) is 0 Å². The molecule has 2 aliphatic heterocycles. The van der Waals surface area contributed by atoms with Crippen molar-refractivity contribution < 1.29 is 9.21 Å². The van der Waals surface area contributed by atoms with Gasteiger partial charge in [0.1, 0.15) is 0 Å². The fourth-order valence-electron chi connectivity index (χ4n) is 4.10. The summed E-state index contributed by atoms with van der Waals surface area (Å²) >= 11 is 0. The highest BCUT2D eigenvalue weighted by atomic mass is 16.3. The molecule has 2 saturated heterocycles. The number of piperidine rings is 1. The predicted molar refractivity (Wildman–Crippen MR) is 116 cm³/mol. The highest BCUT2D eigenvalue weighted by molar-refractivity contribution is 5.91. The van der Waals surface area contributed by atoms with Gasteiger partial charge in [-0.3, -0.25) is 9.79 Å². The number of likely N-dealkylation sites (tertiary alicyclic amines) is 1. The van der Waals surface area contributed by atoms with Crippen LogP contribution in [-0.2, 0) is 0 Å². The molecule has 1 N–H and O–H groups in total. The predicted octanol–water partition coefficient (Wildman–Crippen LogP) is 2.66. The van der Waals surface area contributed by atoms with E-state index in [9.17, 15) is 4.79 Å². The lowest BCUT2D eigenvalue weighted by atomic mass is 10.1. The van der Waals surface area contributed by atoms with Crippen molar-refractivity contribution in [3.8, 4) is 0 Å². The SMILES string of the molecule is CCNC(=NCCCCCN1CCCCC1)N1CCN(C(=O)c2ccco2)CC1. The summed E-state index contributed by atoms with van der Waals surface area (Å²) in [7, 11) is 0. The van der Waals surface area contributed by atoms with E-state index in [0.717, 1.165) is 38.6 Å². The number of unbranched alkanes of at least 4 members (excludes halogenated alkanes) is 2. The minimum atomic E-state index is -0.0229. The van der Waals surface area contributed by atoms with Gasteiger partial charge in [0, 0.05) is 39.3 Å². The third-order valence-electron chi connectivity index (χ3n) is 5.78. The Bertz CT molecular complexity index is 617. The molecular weight excluding hydrogens is 366 g/mol. The quantitative estimate of drug-likeness (QED) is 0.411. The van der Waals surface area contributed by atoms with E-state index in [0.29, 0.717) is 18.8 Å². The van der Waals surface area contributed by atoms with Crippen molar-refractivity contribution in [2.45, 2.75) is 45.4 Å². The largest absolute Gasteiger partial charge is 0.459 e. The van der Waals surface area contributed by atoms with Crippen LogP contribution in [-0.4, -0.2) is 85.5 Å². The van der Waals surface area contributed by atoms with Crippen LogP contribution in [0.15, 0.2) is 27.8 Å². The van der Waals surface area contributed by atoms with Crippen molar-refractivity contribution in [3.05, 3.63) is 24.2 Å². The zero-order valence-electron chi connectivity index (χ0n) is 17.9. The van der Waals surface area contributed by atoms with E-state index < -0.39 is 0 Å². The first-order valence-corrected chi connectivity index (χ1v) is 11.4. The van der Waals surface area contributed by atoms with Crippen LogP contribution in [0.5, 0.6) is 0 Å². The topological polar surface area (TPSA) is 64.3 Å². The van der Waals surface area contributed by atoms with Crippen LogP contribution in [0.2, 0.25) is 0 Å². The van der Waals surface area contributed by atoms with Crippen molar-refractivity contribution >= 4 is 11.9 Å². The number of rotatable bonds is 8. The van der Waals surface area contributed by atoms with Crippen molar-refractivity contribution in [1.29, 1.82) is 0 Å². The van der Waals surface area contributed by atoms with E-state index in [4.69, 9.17) is 9.41 Å². The molecule has 1 amide bonds. The number of carbonyl (C=O) groups is 1. The van der Waals surface area contributed by atoms with Crippen LogP contribution in [0.4, 0.5) is 0 Å². The van der Waals surface area contributed by atoms with E-state index in [1.54, 1.807) is 18.4 Å². The standard InChI is InChI=1S/C22H37N5O2/c1-2-23-22(24-11-5-3-6-12-25-13-7-4-8-14-25)27-17-15-26(16-18-27)21(28)20-10-9-19-29-20/h9-10,19H,2-8,11-18H2,1H3,(H,23,24). The second-order valence-corrected chi connectivity index (χ2v) is 7.96. The molecule has 3 rings (SSSR count). The number of hydrogen-bond acceptors (Lipinski definition) is 4. The number of guanidine groups is 1. The van der Waals surface area contributed by atoms with Gasteiger partial charge in [0.15, 0.2) is 11.7 Å². The molecule has 7 heteroatoms. The van der Waals surface area contributed by atoms with E-state index in [-0.39, 0.29) is 5.91 Å². The first kappa shape index (κ1) is 21.7. The summed E-state index contributed by atoms with van der Waals surface area (Å²) in [6, 6.07) is 3.48. The molecule has 2 fully saturated rings. The Kier molecular flexibility index (Phi) is 8.86. The van der Waals surface area contributed by atoms with E-state index in [1.807, 2.05) is 4.90 Å². The van der Waals surface area contributed by atoms with Gasteiger partial charge in [0.05, 0.1) is 6.26 Å². The normalized spacial score (nSPS) is 18.9. The monoisotopic (exact) mass is 403 g/mol. The minimum absolute atomic E-state index is 0.0229. The molecule has 1 aromatic rings. The van der Waals surface area contributed by atoms with Gasteiger partial charge in [-0.05, 0) is 64.4 Å². The Balaban J connectivity index is 1.37. The average Bonchev–Trinajstić information content (AvgIpc) is 3.31. The minimum Gasteiger partial charge on any atom is -0.459 e. The molecule has 0 aromatic carbocycles. The zero-order chi connectivity index (χ0) is 20.3. The third kappa shape index (κ3) is 6.77. The van der Waals surface area contributed by atoms with Crippen molar-refractivity contribution in [1.82, 2.24) is 20.0 Å². The first-order valence-electron chi connectivity index (χ1n) is 11.4. The number of furan rings is 1. The number of nitrogens with one attached hydrogen (secondary N) is 1. The van der Waals surface area contributed by atoms with E-state index >= 15 is 0 Å². The number of nitrogens with zero attached hydrogens (tertiary/aromatic N) is 4. The molecule has 0 spiro atoms. The maximum Gasteiger partial charge on any atom is 0.289 e. The highest BCUT2D eigenvalue weighted by Crippen LogP contribution is 2.11. The number of hydrogen-bond donors (Lipinski definition) is 1. The Morgan fingerprint density at radius 3 is 2.48 bits per heavy atom. The van der Waals surface area contributed by atoms with Crippen molar-refractivity contribution in [2.75, 3.05) is 58.9 Å². The van der Waals surface area contributed by atoms with E-state index in [2.05, 4.69) is 22.0 Å². The summed E-state index contributed by atoms with van der Waals surface area (Å²) in [6.07, 6.45) is 9.35. The smallest absolute Gasteiger partial charge is 0.289 e. The molecule has 0 unspecified atom stereocenters. The lowest BCUT2D eigenvalue weighted by Gasteiger charge is -2.36. The maximum atomic E-state index is 12.4. The maximum absolute atomic E-state index is 12.4. The molecule has 29 heavy (non-hydrogen) atoms. The van der Waals surface area contributed by atoms with Crippen LogP contribution in [0.1, 0.15) is 56.0 Å². The molecule has 0 aliphatic carbocycles. The van der Waals surface area contributed by atoms with E-state index in [1.165, 1.54) is 51.7 Å². The lowest BCUT2D eigenvalue weighted by molar-refractivity contribution is 0.0657. The molecule has 2 aliphatic rings. The molecular formula is C22H37N5O2. The Morgan fingerprint density at radius 1 is 1.03 bits per heavy atom. The van der Waals surface area contributed by atoms with Crippen molar-refractivity contribution in [2.24, 2.45) is 4.99 Å². The molecule has 1 aromatic heterocycles. The fourth-order valence-corrected chi connectivity index (χ4v) is 4.10. The van der Waals surface area contributed by atoms with Crippen LogP contribution in [0, 0.1) is 0 Å². The van der Waals surface area contributed by atoms with Gasteiger partial charge in [-0.1, -0.05) is 12.8 Å². The number of carbonyl (C=O) groups excluding carboxylic acids is 1. The van der Waals surface area contributed by atoms with Gasteiger partial charge in [-0.25, -0.2) is 0 Å². The first-order chi connectivity index (χ1) is 14.3. The molecule has 0 saturated carbocycles. The average molecular weight is 404 g/mol. The van der Waals surface area contributed by atoms with Crippen LogP contribution in [0.25, 0.3) is 0 Å². The van der Waals surface area contributed by atoms with Gasteiger partial charge < -0.3 is 24.4 Å². The molecule has 0 atom stereocenters. The summed E-state index contributed by atoms with van der Waals surface area (Å²) in [4.78, 5) is 24.0. The summed E-state index contributed by atoms with van der Waals surface area (Å²) in [5.74, 6) is 1.38. The Hall–Kier alpha value is -2.02. The molecule has 162 valence electrons. The molecule has 3 heterocycles. The Labute approximate surface area is 175 Å². The number of amides is 1. The molecule has 0 radical (unpaired) electrons. The van der Waals surface area contributed by atoms with Crippen LogP contribution in [0.3, 0.4) is 0 Å². The van der Waals surface area contributed by atoms with Crippen LogP contribution >= 0.6 is 0 Å². The Morgan fingerprint density at radius 2 is 1.79 bits per heavy atom. The second-order valence-electron chi connectivity index (χ2n) is 7.96. The fraction of sp³-hybridized carbons (Fsp3) is 0.727. The zero-order valence-corrected chi connectivity index (χ0v) is 17.9. The van der Waals surface area contributed by atoms with Gasteiger partial charge in [-0.2, -0.15) is 0 Å². The van der Waals surface area contributed by atoms with Crippen LogP contribution < -0.4 is 5.32 Å². The summed E-state index contributed by atoms with van der Waals surface area (Å²) in [5, 5.41) is 3.41. The third-order valence-corrected chi connectivity index (χ3v) is 5.78. The van der Waals surface area contributed by atoms with Gasteiger partial charge >= 0.3 is 0 Å². The molecule has 7 nitrogen and oxygen atoms in total. The lowest BCUT2D eigenvalue weighted by Crippen LogP contribution is -2.53. The van der Waals surface area contributed by atoms with Gasteiger partial charge in [0.25, 0.3) is 5.91 Å². The van der Waals surface area contributed by atoms with Gasteiger partial charge in [-0.15, -0.1) is 0 Å². The number of piperazine rings is 1. The summed E-state index contributed by atoms with van der Waals surface area (Å²) in [6.45, 7) is 10.6. The highest BCUT2D eigenvalue weighted by Gasteiger charge is 2.25. The number of aliphatic imine (C=N–C) groups is 1. The van der Waals surface area contributed by atoms with Crippen molar-refractivity contribution in [3.63, 3.8) is 0 Å². The second kappa shape index (κ2) is 11.9. The molecule has 0 bridgehead atoms. The summed E-state index contributed by atoms with van der Waals surface area (Å²) < 4.78 is 5.24.